The Labute approximate surface area is 96.8 Å². The van der Waals surface area contributed by atoms with Crippen molar-refractivity contribution in [3.05, 3.63) is 35.6 Å². The van der Waals surface area contributed by atoms with E-state index < -0.39 is 0 Å². The number of rotatable bonds is 8. The van der Waals surface area contributed by atoms with E-state index in [2.05, 4.69) is 12.2 Å². The third-order valence-electron chi connectivity index (χ3n) is 2.30. The molecule has 0 aromatic heterocycles. The van der Waals surface area contributed by atoms with Crippen molar-refractivity contribution in [2.75, 3.05) is 26.3 Å². The molecule has 0 aliphatic carbocycles. The summed E-state index contributed by atoms with van der Waals surface area (Å²) in [5.74, 6) is -0.119. The summed E-state index contributed by atoms with van der Waals surface area (Å²) in [6.45, 7) is 5.25. The highest BCUT2D eigenvalue weighted by Gasteiger charge is 1.99. The molecule has 1 rings (SSSR count). The number of halogens is 1. The van der Waals surface area contributed by atoms with Crippen molar-refractivity contribution in [3.8, 4) is 0 Å². The second kappa shape index (κ2) is 8.25. The van der Waals surface area contributed by atoms with Gasteiger partial charge in [0.05, 0.1) is 6.61 Å². The van der Waals surface area contributed by atoms with Crippen LogP contribution in [0.1, 0.15) is 18.9 Å². The molecule has 0 unspecified atom stereocenters. The summed E-state index contributed by atoms with van der Waals surface area (Å²) in [5, 5.41) is 3.23. The highest BCUT2D eigenvalue weighted by molar-refractivity contribution is 5.17. The van der Waals surface area contributed by atoms with Crippen LogP contribution in [-0.4, -0.2) is 26.3 Å². The van der Waals surface area contributed by atoms with Crippen molar-refractivity contribution in [3.63, 3.8) is 0 Å². The largest absolute Gasteiger partial charge is 0.380 e. The Morgan fingerprint density at radius 1 is 1.19 bits per heavy atom. The van der Waals surface area contributed by atoms with Crippen LogP contribution in [0.25, 0.3) is 0 Å². The lowest BCUT2D eigenvalue weighted by Crippen LogP contribution is -2.22. The van der Waals surface area contributed by atoms with Gasteiger partial charge in [0.15, 0.2) is 0 Å². The van der Waals surface area contributed by atoms with Crippen LogP contribution < -0.4 is 5.32 Å². The first-order chi connectivity index (χ1) is 7.84. The minimum absolute atomic E-state index is 0.119. The maximum atomic E-state index is 13.2. The highest BCUT2D eigenvalue weighted by atomic mass is 19.1. The van der Waals surface area contributed by atoms with Crippen molar-refractivity contribution in [1.29, 1.82) is 0 Å². The molecular formula is C13H20FNO. The minimum Gasteiger partial charge on any atom is -0.380 e. The highest BCUT2D eigenvalue weighted by Crippen LogP contribution is 2.05. The summed E-state index contributed by atoms with van der Waals surface area (Å²) in [7, 11) is 0. The van der Waals surface area contributed by atoms with Crippen molar-refractivity contribution in [1.82, 2.24) is 5.32 Å². The first-order valence-electron chi connectivity index (χ1n) is 5.86. The van der Waals surface area contributed by atoms with Crippen molar-refractivity contribution < 1.29 is 9.13 Å². The summed E-state index contributed by atoms with van der Waals surface area (Å²) >= 11 is 0. The first kappa shape index (κ1) is 13.1. The fourth-order valence-corrected chi connectivity index (χ4v) is 1.44. The zero-order chi connectivity index (χ0) is 11.6. The monoisotopic (exact) mass is 225 g/mol. The topological polar surface area (TPSA) is 21.3 Å². The molecule has 0 bridgehead atoms. The minimum atomic E-state index is -0.119. The molecule has 1 aromatic rings. The Bertz CT molecular complexity index is 291. The van der Waals surface area contributed by atoms with Gasteiger partial charge < -0.3 is 10.1 Å². The standard InChI is InChI=1S/C13H20FNO/c1-2-10-16-11-9-15-8-7-12-5-3-4-6-13(12)14/h3-6,15H,2,7-11H2,1H3. The third kappa shape index (κ3) is 5.24. The lowest BCUT2D eigenvalue weighted by atomic mass is 10.1. The van der Waals surface area contributed by atoms with Gasteiger partial charge in [0.25, 0.3) is 0 Å². The summed E-state index contributed by atoms with van der Waals surface area (Å²) in [6.07, 6.45) is 1.77. The molecule has 0 aliphatic rings. The van der Waals surface area contributed by atoms with Gasteiger partial charge in [0.2, 0.25) is 0 Å². The molecule has 16 heavy (non-hydrogen) atoms. The van der Waals surface area contributed by atoms with Crippen molar-refractivity contribution >= 4 is 0 Å². The molecular weight excluding hydrogens is 205 g/mol. The van der Waals surface area contributed by atoms with E-state index in [4.69, 9.17) is 4.74 Å². The zero-order valence-corrected chi connectivity index (χ0v) is 9.84. The molecule has 0 radical (unpaired) electrons. The smallest absolute Gasteiger partial charge is 0.126 e. The molecule has 0 heterocycles. The van der Waals surface area contributed by atoms with Gasteiger partial charge in [-0.3, -0.25) is 0 Å². The van der Waals surface area contributed by atoms with Gasteiger partial charge in [-0.25, -0.2) is 4.39 Å². The third-order valence-corrected chi connectivity index (χ3v) is 2.30. The number of ether oxygens (including phenoxy) is 1. The van der Waals surface area contributed by atoms with E-state index in [0.29, 0.717) is 0 Å². The SMILES string of the molecule is CCCOCCNCCc1ccccc1F. The summed E-state index contributed by atoms with van der Waals surface area (Å²) in [4.78, 5) is 0. The maximum absolute atomic E-state index is 13.2. The molecule has 0 spiro atoms. The number of hydrogen-bond acceptors (Lipinski definition) is 2. The summed E-state index contributed by atoms with van der Waals surface area (Å²) < 4.78 is 18.5. The van der Waals surface area contributed by atoms with E-state index in [0.717, 1.165) is 44.7 Å². The summed E-state index contributed by atoms with van der Waals surface area (Å²) in [6, 6.07) is 6.90. The Morgan fingerprint density at radius 3 is 2.75 bits per heavy atom. The van der Waals surface area contributed by atoms with Gasteiger partial charge in [-0.2, -0.15) is 0 Å². The second-order valence-corrected chi connectivity index (χ2v) is 3.70. The quantitative estimate of drug-likeness (QED) is 0.686. The molecule has 0 fully saturated rings. The first-order valence-corrected chi connectivity index (χ1v) is 5.86. The zero-order valence-electron chi connectivity index (χ0n) is 9.84. The molecule has 0 amide bonds. The van der Waals surface area contributed by atoms with Crippen molar-refractivity contribution in [2.45, 2.75) is 19.8 Å². The fourth-order valence-electron chi connectivity index (χ4n) is 1.44. The predicted molar refractivity (Wildman–Crippen MR) is 64.1 cm³/mol. The normalized spacial score (nSPS) is 10.6. The molecule has 0 saturated carbocycles. The van der Waals surface area contributed by atoms with Crippen LogP contribution in [0.2, 0.25) is 0 Å². The predicted octanol–water partition coefficient (Wildman–Crippen LogP) is 2.38. The summed E-state index contributed by atoms with van der Waals surface area (Å²) in [5.41, 5.74) is 0.768. The second-order valence-electron chi connectivity index (χ2n) is 3.70. The van der Waals surface area contributed by atoms with Crippen molar-refractivity contribution in [2.24, 2.45) is 0 Å². The lowest BCUT2D eigenvalue weighted by molar-refractivity contribution is 0.137. The van der Waals surface area contributed by atoms with Crippen LogP contribution in [-0.2, 0) is 11.2 Å². The average Bonchev–Trinajstić information content (AvgIpc) is 2.30. The lowest BCUT2D eigenvalue weighted by Gasteiger charge is -2.06. The Kier molecular flexibility index (Phi) is 6.77. The molecule has 1 N–H and O–H groups in total. The van der Waals surface area contributed by atoms with Crippen LogP contribution in [0.5, 0.6) is 0 Å². The molecule has 90 valence electrons. The van der Waals surface area contributed by atoms with E-state index in [1.807, 2.05) is 12.1 Å². The van der Waals surface area contributed by atoms with E-state index in [1.165, 1.54) is 6.07 Å². The fraction of sp³-hybridized carbons (Fsp3) is 0.538. The maximum Gasteiger partial charge on any atom is 0.126 e. The molecule has 0 saturated heterocycles. The number of hydrogen-bond donors (Lipinski definition) is 1. The molecule has 0 atom stereocenters. The molecule has 1 aromatic carbocycles. The van der Waals surface area contributed by atoms with E-state index >= 15 is 0 Å². The number of benzene rings is 1. The van der Waals surface area contributed by atoms with Crippen LogP contribution in [0.15, 0.2) is 24.3 Å². The Balaban J connectivity index is 2.05. The van der Waals surface area contributed by atoms with E-state index in [-0.39, 0.29) is 5.82 Å². The Morgan fingerprint density at radius 2 is 2.00 bits per heavy atom. The Hall–Kier alpha value is -0.930. The molecule has 3 heteroatoms. The van der Waals surface area contributed by atoms with Crippen LogP contribution in [0.4, 0.5) is 4.39 Å². The van der Waals surface area contributed by atoms with Gasteiger partial charge in [0.1, 0.15) is 5.82 Å². The van der Waals surface area contributed by atoms with Gasteiger partial charge in [-0.05, 0) is 31.0 Å². The van der Waals surface area contributed by atoms with E-state index in [9.17, 15) is 4.39 Å². The molecule has 0 aliphatic heterocycles. The van der Waals surface area contributed by atoms with Gasteiger partial charge >= 0.3 is 0 Å². The average molecular weight is 225 g/mol. The van der Waals surface area contributed by atoms with Gasteiger partial charge in [0, 0.05) is 13.2 Å². The van der Waals surface area contributed by atoms with Crippen LogP contribution in [0, 0.1) is 5.82 Å². The van der Waals surface area contributed by atoms with Crippen LogP contribution >= 0.6 is 0 Å². The van der Waals surface area contributed by atoms with Gasteiger partial charge in [-0.1, -0.05) is 25.1 Å². The van der Waals surface area contributed by atoms with Crippen LogP contribution in [0.3, 0.4) is 0 Å². The van der Waals surface area contributed by atoms with Gasteiger partial charge in [-0.15, -0.1) is 0 Å². The number of nitrogens with one attached hydrogen (secondary N) is 1. The van der Waals surface area contributed by atoms with E-state index in [1.54, 1.807) is 6.07 Å². The molecule has 2 nitrogen and oxygen atoms in total.